The highest BCUT2D eigenvalue weighted by Gasteiger charge is 2.29. The number of hydrogen-bond acceptors (Lipinski definition) is 3. The van der Waals surface area contributed by atoms with E-state index >= 15 is 0 Å². The molecular formula is C11H8ClNO3. The number of halogens is 1. The molecule has 0 radical (unpaired) electrons. The van der Waals surface area contributed by atoms with Crippen LogP contribution in [0, 0.1) is 0 Å². The zero-order valence-corrected chi connectivity index (χ0v) is 8.99. The van der Waals surface area contributed by atoms with Crippen molar-refractivity contribution >= 4 is 28.7 Å². The summed E-state index contributed by atoms with van der Waals surface area (Å²) in [7, 11) is 0. The molecule has 1 heterocycles. The maximum absolute atomic E-state index is 10.9. The van der Waals surface area contributed by atoms with E-state index in [2.05, 4.69) is 4.98 Å². The molecule has 0 saturated heterocycles. The first-order chi connectivity index (χ1) is 7.65. The number of aromatic nitrogens is 1. The van der Waals surface area contributed by atoms with E-state index in [4.69, 9.17) is 21.1 Å². The fourth-order valence-electron chi connectivity index (χ4n) is 1.64. The van der Waals surface area contributed by atoms with Crippen molar-refractivity contribution in [2.75, 3.05) is 0 Å². The summed E-state index contributed by atoms with van der Waals surface area (Å²) in [5, 5.41) is 9.10. The van der Waals surface area contributed by atoms with E-state index < -0.39 is 5.97 Å². The fraction of sp³-hybridized carbons (Fsp3) is 0.273. The number of aromatic carboxylic acids is 1. The highest BCUT2D eigenvalue weighted by molar-refractivity contribution is 6.34. The highest BCUT2D eigenvalue weighted by atomic mass is 35.5. The number of oxazole rings is 1. The first-order valence-electron chi connectivity index (χ1n) is 4.98. The topological polar surface area (TPSA) is 63.3 Å². The van der Waals surface area contributed by atoms with Gasteiger partial charge >= 0.3 is 5.97 Å². The van der Waals surface area contributed by atoms with Crippen LogP contribution >= 0.6 is 11.6 Å². The zero-order valence-electron chi connectivity index (χ0n) is 8.24. The van der Waals surface area contributed by atoms with Crippen LogP contribution in [0.1, 0.15) is 35.0 Å². The van der Waals surface area contributed by atoms with Gasteiger partial charge in [-0.1, -0.05) is 11.6 Å². The van der Waals surface area contributed by atoms with Crippen LogP contribution in [-0.2, 0) is 0 Å². The summed E-state index contributed by atoms with van der Waals surface area (Å²) in [5.41, 5.74) is 1.16. The lowest BCUT2D eigenvalue weighted by Gasteiger charge is -1.96. The molecule has 2 aromatic rings. The van der Waals surface area contributed by atoms with Crippen LogP contribution < -0.4 is 0 Å². The fourth-order valence-corrected chi connectivity index (χ4v) is 1.87. The van der Waals surface area contributed by atoms with Crippen LogP contribution in [0.5, 0.6) is 0 Å². The monoisotopic (exact) mass is 237 g/mol. The Bertz CT molecular complexity index is 586. The van der Waals surface area contributed by atoms with Gasteiger partial charge in [0.25, 0.3) is 0 Å². The minimum atomic E-state index is -1.06. The van der Waals surface area contributed by atoms with E-state index in [1.165, 1.54) is 12.1 Å². The molecule has 1 aromatic carbocycles. The van der Waals surface area contributed by atoms with E-state index in [-0.39, 0.29) is 10.6 Å². The number of carboxylic acid groups (broad SMARTS) is 1. The predicted octanol–water partition coefficient (Wildman–Crippen LogP) is 3.06. The number of rotatable bonds is 2. The molecule has 1 aliphatic carbocycles. The van der Waals surface area contributed by atoms with Crippen molar-refractivity contribution in [3.05, 3.63) is 28.6 Å². The van der Waals surface area contributed by atoms with Crippen molar-refractivity contribution in [2.45, 2.75) is 18.8 Å². The first-order valence-corrected chi connectivity index (χ1v) is 5.36. The number of carbonyl (C=O) groups is 1. The van der Waals surface area contributed by atoms with Gasteiger partial charge in [-0.15, -0.1) is 0 Å². The van der Waals surface area contributed by atoms with Crippen molar-refractivity contribution in [1.29, 1.82) is 0 Å². The third kappa shape index (κ3) is 1.46. The zero-order chi connectivity index (χ0) is 11.3. The van der Waals surface area contributed by atoms with Gasteiger partial charge in [-0.05, 0) is 25.0 Å². The van der Waals surface area contributed by atoms with Gasteiger partial charge < -0.3 is 9.52 Å². The Morgan fingerprint density at radius 1 is 1.50 bits per heavy atom. The average molecular weight is 238 g/mol. The predicted molar refractivity (Wildman–Crippen MR) is 58.0 cm³/mol. The molecule has 0 spiro atoms. The third-order valence-electron chi connectivity index (χ3n) is 2.65. The first kappa shape index (κ1) is 9.66. The molecule has 1 N–H and O–H groups in total. The molecule has 16 heavy (non-hydrogen) atoms. The highest BCUT2D eigenvalue weighted by Crippen LogP contribution is 2.41. The molecule has 0 bridgehead atoms. The Morgan fingerprint density at radius 3 is 2.88 bits per heavy atom. The quantitative estimate of drug-likeness (QED) is 0.872. The van der Waals surface area contributed by atoms with Crippen LogP contribution in [-0.4, -0.2) is 16.1 Å². The largest absolute Gasteiger partial charge is 0.478 e. The smallest absolute Gasteiger partial charge is 0.337 e. The van der Waals surface area contributed by atoms with Crippen molar-refractivity contribution in [1.82, 2.24) is 4.98 Å². The Morgan fingerprint density at radius 2 is 2.25 bits per heavy atom. The minimum absolute atomic E-state index is 0.0488. The van der Waals surface area contributed by atoms with E-state index in [1.807, 2.05) is 0 Å². The molecule has 1 fully saturated rings. The second-order valence-electron chi connectivity index (χ2n) is 3.93. The summed E-state index contributed by atoms with van der Waals surface area (Å²) in [6.45, 7) is 0. The second kappa shape index (κ2) is 3.22. The Kier molecular flexibility index (Phi) is 1.94. The number of carboxylic acids is 1. The molecule has 5 heteroatoms. The summed E-state index contributed by atoms with van der Waals surface area (Å²) in [4.78, 5) is 15.2. The van der Waals surface area contributed by atoms with Crippen LogP contribution in [0.4, 0.5) is 0 Å². The van der Waals surface area contributed by atoms with Crippen molar-refractivity contribution in [3.8, 4) is 0 Å². The molecule has 4 nitrogen and oxygen atoms in total. The normalized spacial score (nSPS) is 15.6. The standard InChI is InChI=1S/C11H8ClNO3/c12-7-4-8-9(3-6(7)11(14)15)16-10(13-8)5-1-2-5/h3-5H,1-2H2,(H,14,15). The van der Waals surface area contributed by atoms with Gasteiger partial charge in [-0.2, -0.15) is 0 Å². The van der Waals surface area contributed by atoms with Crippen molar-refractivity contribution in [2.24, 2.45) is 0 Å². The lowest BCUT2D eigenvalue weighted by atomic mass is 10.2. The van der Waals surface area contributed by atoms with Gasteiger partial charge in [-0.25, -0.2) is 9.78 Å². The summed E-state index contributed by atoms with van der Waals surface area (Å²) < 4.78 is 5.50. The van der Waals surface area contributed by atoms with E-state index in [0.29, 0.717) is 22.9 Å². The van der Waals surface area contributed by atoms with Crippen molar-refractivity contribution in [3.63, 3.8) is 0 Å². The summed E-state index contributed by atoms with van der Waals surface area (Å²) >= 11 is 5.84. The Balaban J connectivity index is 2.19. The number of hydrogen-bond donors (Lipinski definition) is 1. The van der Waals surface area contributed by atoms with E-state index in [9.17, 15) is 4.79 Å². The second-order valence-corrected chi connectivity index (χ2v) is 4.34. The minimum Gasteiger partial charge on any atom is -0.478 e. The van der Waals surface area contributed by atoms with Gasteiger partial charge in [-0.3, -0.25) is 0 Å². The maximum atomic E-state index is 10.9. The number of benzene rings is 1. The van der Waals surface area contributed by atoms with Gasteiger partial charge in [0.2, 0.25) is 0 Å². The molecule has 0 unspecified atom stereocenters. The number of fused-ring (bicyclic) bond motifs is 1. The molecule has 1 saturated carbocycles. The summed E-state index contributed by atoms with van der Waals surface area (Å²) in [6.07, 6.45) is 2.18. The van der Waals surface area contributed by atoms with Gasteiger partial charge in [0, 0.05) is 5.92 Å². The summed E-state index contributed by atoms with van der Waals surface area (Å²) in [6, 6.07) is 2.97. The van der Waals surface area contributed by atoms with E-state index in [0.717, 1.165) is 12.8 Å². The van der Waals surface area contributed by atoms with E-state index in [1.54, 1.807) is 0 Å². The average Bonchev–Trinajstić information content (AvgIpc) is 2.98. The molecular weight excluding hydrogens is 230 g/mol. The molecule has 82 valence electrons. The molecule has 3 rings (SSSR count). The third-order valence-corrected chi connectivity index (χ3v) is 2.96. The molecule has 0 atom stereocenters. The van der Waals surface area contributed by atoms with Crippen LogP contribution in [0.25, 0.3) is 11.1 Å². The SMILES string of the molecule is O=C(O)c1cc2oc(C3CC3)nc2cc1Cl. The number of nitrogens with zero attached hydrogens (tertiary/aromatic N) is 1. The van der Waals surface area contributed by atoms with Gasteiger partial charge in [0.1, 0.15) is 5.52 Å². The lowest BCUT2D eigenvalue weighted by Crippen LogP contribution is -1.96. The maximum Gasteiger partial charge on any atom is 0.337 e. The van der Waals surface area contributed by atoms with Gasteiger partial charge in [0.05, 0.1) is 10.6 Å². The van der Waals surface area contributed by atoms with Crippen LogP contribution in [0.3, 0.4) is 0 Å². The van der Waals surface area contributed by atoms with Crippen LogP contribution in [0.15, 0.2) is 16.5 Å². The lowest BCUT2D eigenvalue weighted by molar-refractivity contribution is 0.0697. The Labute approximate surface area is 95.8 Å². The molecule has 0 amide bonds. The molecule has 1 aromatic heterocycles. The molecule has 1 aliphatic rings. The van der Waals surface area contributed by atoms with Gasteiger partial charge in [0.15, 0.2) is 11.5 Å². The molecule has 0 aliphatic heterocycles. The van der Waals surface area contributed by atoms with Crippen molar-refractivity contribution < 1.29 is 14.3 Å². The Hall–Kier alpha value is -1.55. The summed E-state index contributed by atoms with van der Waals surface area (Å²) in [5.74, 6) is 0.0318. The van der Waals surface area contributed by atoms with Crippen LogP contribution in [0.2, 0.25) is 5.02 Å².